The molecule has 5 N–H and O–H groups in total. The van der Waals surface area contributed by atoms with Crippen LogP contribution in [-0.2, 0) is 25.6 Å². The number of hydrogen-bond donors (Lipinski definition) is 4. The molecule has 2 saturated heterocycles. The number of nitrogens with zero attached hydrogens (tertiary/aromatic N) is 1. The zero-order valence-electron chi connectivity index (χ0n) is 22.1. The van der Waals surface area contributed by atoms with E-state index < -0.39 is 18.1 Å². The Labute approximate surface area is 219 Å². The van der Waals surface area contributed by atoms with Crippen LogP contribution in [0.15, 0.2) is 24.3 Å². The third kappa shape index (κ3) is 7.44. The van der Waals surface area contributed by atoms with Crippen molar-refractivity contribution in [3.05, 3.63) is 29.8 Å². The molecule has 0 spiro atoms. The minimum Gasteiger partial charge on any atom is -0.497 e. The van der Waals surface area contributed by atoms with Gasteiger partial charge in [-0.25, -0.2) is 0 Å². The van der Waals surface area contributed by atoms with E-state index in [0.717, 1.165) is 24.2 Å². The summed E-state index contributed by atoms with van der Waals surface area (Å²) in [7, 11) is 1.62. The predicted molar refractivity (Wildman–Crippen MR) is 140 cm³/mol. The van der Waals surface area contributed by atoms with Crippen molar-refractivity contribution in [3.8, 4) is 5.75 Å². The van der Waals surface area contributed by atoms with Crippen LogP contribution in [0, 0.1) is 5.92 Å². The number of benzene rings is 1. The first kappa shape index (κ1) is 28.4. The standard InChI is InChI=1S/C27H41N5O5/c1-4-22(28)25(34)31-24-19(14-16-29-17(2)33)7-8-20-9-12-23(32(20)27(24)36)26(35)30-15-13-18-5-10-21(37-3)11-6-18/h5-6,10-11,19-20,22-24H,4,7-9,12-16,28H2,1-3H3,(H,29,33)(H,30,35)(H,31,34)/t19-,20+,22+,23+,24+/m1/s1. The molecule has 0 saturated carbocycles. The second kappa shape index (κ2) is 13.4. The van der Waals surface area contributed by atoms with Gasteiger partial charge in [-0.15, -0.1) is 0 Å². The lowest BCUT2D eigenvalue weighted by atomic mass is 9.90. The van der Waals surface area contributed by atoms with Gasteiger partial charge in [0.25, 0.3) is 0 Å². The fourth-order valence-electron chi connectivity index (χ4n) is 5.30. The molecule has 3 rings (SSSR count). The Morgan fingerprint density at radius 2 is 1.78 bits per heavy atom. The second-order valence-electron chi connectivity index (χ2n) is 9.99. The molecule has 2 aliphatic heterocycles. The Morgan fingerprint density at radius 3 is 2.43 bits per heavy atom. The van der Waals surface area contributed by atoms with Crippen molar-refractivity contribution in [2.45, 2.75) is 83.0 Å². The molecule has 2 fully saturated rings. The highest BCUT2D eigenvalue weighted by atomic mass is 16.5. The van der Waals surface area contributed by atoms with Crippen LogP contribution in [-0.4, -0.2) is 72.9 Å². The van der Waals surface area contributed by atoms with E-state index in [1.54, 1.807) is 12.0 Å². The third-order valence-corrected chi connectivity index (χ3v) is 7.50. The lowest BCUT2D eigenvalue weighted by molar-refractivity contribution is -0.143. The summed E-state index contributed by atoms with van der Waals surface area (Å²) in [6, 6.07) is 5.59. The molecule has 10 nitrogen and oxygen atoms in total. The Balaban J connectivity index is 1.68. The van der Waals surface area contributed by atoms with Crippen LogP contribution in [0.25, 0.3) is 0 Å². The van der Waals surface area contributed by atoms with Crippen LogP contribution in [0.1, 0.15) is 57.9 Å². The van der Waals surface area contributed by atoms with Crippen molar-refractivity contribution < 1.29 is 23.9 Å². The molecule has 5 atom stereocenters. The molecule has 2 aliphatic rings. The Kier molecular flexibility index (Phi) is 10.3. The molecule has 204 valence electrons. The summed E-state index contributed by atoms with van der Waals surface area (Å²) in [5, 5.41) is 8.67. The van der Waals surface area contributed by atoms with Gasteiger partial charge in [0.05, 0.1) is 13.2 Å². The zero-order chi connectivity index (χ0) is 26.9. The average molecular weight is 516 g/mol. The lowest BCUT2D eigenvalue weighted by Crippen LogP contribution is -2.58. The summed E-state index contributed by atoms with van der Waals surface area (Å²) in [6.45, 7) is 4.14. The Bertz CT molecular complexity index is 953. The number of amides is 4. The maximum atomic E-state index is 13.8. The van der Waals surface area contributed by atoms with Crippen LogP contribution < -0.4 is 26.4 Å². The number of methoxy groups -OCH3 is 1. The van der Waals surface area contributed by atoms with E-state index in [9.17, 15) is 19.2 Å². The lowest BCUT2D eigenvalue weighted by Gasteiger charge is -2.32. The van der Waals surface area contributed by atoms with Gasteiger partial charge >= 0.3 is 0 Å². The molecule has 0 unspecified atom stereocenters. The molecule has 10 heteroatoms. The third-order valence-electron chi connectivity index (χ3n) is 7.50. The van der Waals surface area contributed by atoms with Gasteiger partial charge in [0.15, 0.2) is 0 Å². The van der Waals surface area contributed by atoms with Gasteiger partial charge in [-0.1, -0.05) is 19.1 Å². The predicted octanol–water partition coefficient (Wildman–Crippen LogP) is 0.872. The number of hydrogen-bond acceptors (Lipinski definition) is 6. The molecule has 4 amide bonds. The molecular weight excluding hydrogens is 474 g/mol. The smallest absolute Gasteiger partial charge is 0.246 e. The molecule has 0 aliphatic carbocycles. The van der Waals surface area contributed by atoms with Crippen LogP contribution in [0.4, 0.5) is 0 Å². The van der Waals surface area contributed by atoms with Crippen molar-refractivity contribution in [2.24, 2.45) is 11.7 Å². The second-order valence-corrected chi connectivity index (χ2v) is 9.99. The number of nitrogens with one attached hydrogen (secondary N) is 3. The van der Waals surface area contributed by atoms with Crippen molar-refractivity contribution in [3.63, 3.8) is 0 Å². The number of carbonyl (C=O) groups is 4. The van der Waals surface area contributed by atoms with Crippen LogP contribution in [0.5, 0.6) is 5.75 Å². The number of carbonyl (C=O) groups excluding carboxylic acids is 4. The summed E-state index contributed by atoms with van der Waals surface area (Å²) < 4.78 is 5.18. The van der Waals surface area contributed by atoms with Gasteiger partial charge < -0.3 is 31.3 Å². The summed E-state index contributed by atoms with van der Waals surface area (Å²) in [5.74, 6) is -0.293. The molecule has 2 heterocycles. The first-order chi connectivity index (χ1) is 17.7. The van der Waals surface area contributed by atoms with E-state index in [-0.39, 0.29) is 35.6 Å². The number of fused-ring (bicyclic) bond motifs is 1. The fourth-order valence-corrected chi connectivity index (χ4v) is 5.30. The van der Waals surface area contributed by atoms with Crippen LogP contribution in [0.2, 0.25) is 0 Å². The largest absolute Gasteiger partial charge is 0.497 e. The van der Waals surface area contributed by atoms with Crippen molar-refractivity contribution in [1.29, 1.82) is 0 Å². The average Bonchev–Trinajstić information content (AvgIpc) is 3.27. The van der Waals surface area contributed by atoms with Gasteiger partial charge in [0.2, 0.25) is 23.6 Å². The van der Waals surface area contributed by atoms with E-state index in [1.807, 2.05) is 31.2 Å². The topological polar surface area (TPSA) is 143 Å². The minimum absolute atomic E-state index is 0.0464. The first-order valence-corrected chi connectivity index (χ1v) is 13.3. The van der Waals surface area contributed by atoms with Crippen LogP contribution in [0.3, 0.4) is 0 Å². The molecule has 0 bridgehead atoms. The van der Waals surface area contributed by atoms with E-state index in [0.29, 0.717) is 45.2 Å². The van der Waals surface area contributed by atoms with E-state index in [2.05, 4.69) is 16.0 Å². The van der Waals surface area contributed by atoms with Gasteiger partial charge in [0.1, 0.15) is 17.8 Å². The molecule has 0 radical (unpaired) electrons. The molecule has 1 aromatic rings. The maximum Gasteiger partial charge on any atom is 0.246 e. The summed E-state index contributed by atoms with van der Waals surface area (Å²) in [6.07, 6.45) is 4.47. The highest BCUT2D eigenvalue weighted by Crippen LogP contribution is 2.35. The quantitative estimate of drug-likeness (QED) is 0.344. The summed E-state index contributed by atoms with van der Waals surface area (Å²) >= 11 is 0. The highest BCUT2D eigenvalue weighted by molar-refractivity contribution is 5.94. The van der Waals surface area contributed by atoms with Gasteiger partial charge in [0, 0.05) is 26.1 Å². The SMILES string of the molecule is CC[C@H](N)C(=O)N[C@@H]1C(=O)N2[C@@H](CC[C@@H]1CCNC(C)=O)CC[C@H]2C(=O)NCCc1ccc(OC)cc1. The van der Waals surface area contributed by atoms with Gasteiger partial charge in [-0.05, 0) is 68.6 Å². The van der Waals surface area contributed by atoms with E-state index >= 15 is 0 Å². The van der Waals surface area contributed by atoms with Crippen molar-refractivity contribution >= 4 is 23.6 Å². The first-order valence-electron chi connectivity index (χ1n) is 13.3. The van der Waals surface area contributed by atoms with Crippen molar-refractivity contribution in [2.75, 3.05) is 20.2 Å². The molecule has 37 heavy (non-hydrogen) atoms. The number of rotatable bonds is 11. The Morgan fingerprint density at radius 1 is 1.08 bits per heavy atom. The summed E-state index contributed by atoms with van der Waals surface area (Å²) in [5.41, 5.74) is 7.02. The zero-order valence-corrected chi connectivity index (χ0v) is 22.1. The Hall–Kier alpha value is -3.14. The highest BCUT2D eigenvalue weighted by Gasteiger charge is 2.47. The normalized spacial score (nSPS) is 24.0. The van der Waals surface area contributed by atoms with E-state index in [4.69, 9.17) is 10.5 Å². The number of nitrogens with two attached hydrogens (primary N) is 1. The van der Waals surface area contributed by atoms with Gasteiger partial charge in [-0.2, -0.15) is 0 Å². The number of ether oxygens (including phenoxy) is 1. The fraction of sp³-hybridized carbons (Fsp3) is 0.630. The monoisotopic (exact) mass is 515 g/mol. The van der Waals surface area contributed by atoms with E-state index in [1.165, 1.54) is 6.92 Å². The van der Waals surface area contributed by atoms with Crippen LogP contribution >= 0.6 is 0 Å². The van der Waals surface area contributed by atoms with Gasteiger partial charge in [-0.3, -0.25) is 19.2 Å². The van der Waals surface area contributed by atoms with Crippen molar-refractivity contribution in [1.82, 2.24) is 20.9 Å². The minimum atomic E-state index is -0.781. The maximum absolute atomic E-state index is 13.8. The molecule has 1 aromatic carbocycles. The molecule has 0 aromatic heterocycles. The molecular formula is C27H41N5O5. The summed E-state index contributed by atoms with van der Waals surface area (Å²) in [4.78, 5) is 52.8.